The van der Waals surface area contributed by atoms with Gasteiger partial charge in [-0.05, 0) is 6.07 Å². The molecule has 0 aromatic heterocycles. The van der Waals surface area contributed by atoms with Crippen LogP contribution in [0.25, 0.3) is 0 Å². The van der Waals surface area contributed by atoms with Gasteiger partial charge in [0.05, 0.1) is 11.4 Å². The molecule has 0 saturated carbocycles. The highest BCUT2D eigenvalue weighted by Crippen LogP contribution is 2.27. The Morgan fingerprint density at radius 3 is 2.53 bits per heavy atom. The first kappa shape index (κ1) is 11.1. The number of carbonyl (C=O) groups is 1. The Morgan fingerprint density at radius 2 is 2.00 bits per heavy atom. The molecule has 0 atom stereocenters. The Bertz CT molecular complexity index is 382. The van der Waals surface area contributed by atoms with Gasteiger partial charge in [-0.15, -0.1) is 0 Å². The van der Waals surface area contributed by atoms with E-state index >= 15 is 0 Å². The van der Waals surface area contributed by atoms with Crippen molar-refractivity contribution in [3.63, 3.8) is 0 Å². The van der Waals surface area contributed by atoms with Crippen LogP contribution in [0.1, 0.15) is 10.4 Å². The van der Waals surface area contributed by atoms with Crippen molar-refractivity contribution in [3.8, 4) is 5.75 Å². The third kappa shape index (κ3) is 2.49. The molecule has 0 aliphatic carbocycles. The fourth-order valence-electron chi connectivity index (χ4n) is 1.05. The summed E-state index contributed by atoms with van der Waals surface area (Å²) >= 11 is 0. The minimum atomic E-state index is -1.20. The third-order valence-electron chi connectivity index (χ3n) is 1.75. The maximum absolute atomic E-state index is 11.9. The number of hydrogen-bond donors (Lipinski definition) is 3. The number of anilines is 2. The minimum Gasteiger partial charge on any atom is -0.490 e. The van der Waals surface area contributed by atoms with Crippen LogP contribution in [-0.2, 0) is 0 Å². The standard InChI is InChI=1S/C9H11FN2O3/c10-1-2-15-8-4-7(12)6(11)3-5(8)9(13)14/h3-4H,1-2,11-12H2,(H,13,14). The summed E-state index contributed by atoms with van der Waals surface area (Å²) in [5, 5.41) is 8.81. The first-order chi connectivity index (χ1) is 7.06. The lowest BCUT2D eigenvalue weighted by Gasteiger charge is -2.10. The largest absolute Gasteiger partial charge is 0.490 e. The van der Waals surface area contributed by atoms with E-state index in [4.69, 9.17) is 21.3 Å². The molecule has 6 heteroatoms. The molecule has 1 aromatic rings. The Kier molecular flexibility index (Phi) is 3.33. The van der Waals surface area contributed by atoms with Crippen molar-refractivity contribution >= 4 is 17.3 Å². The van der Waals surface area contributed by atoms with Gasteiger partial charge in [0.25, 0.3) is 0 Å². The predicted octanol–water partition coefficient (Wildman–Crippen LogP) is 0.897. The number of benzene rings is 1. The highest BCUT2D eigenvalue weighted by atomic mass is 19.1. The molecule has 0 fully saturated rings. The number of nitrogen functional groups attached to an aromatic ring is 2. The highest BCUT2D eigenvalue weighted by Gasteiger charge is 2.13. The molecular weight excluding hydrogens is 203 g/mol. The number of rotatable bonds is 4. The van der Waals surface area contributed by atoms with E-state index in [0.29, 0.717) is 0 Å². The Hall–Kier alpha value is -1.98. The van der Waals surface area contributed by atoms with Crippen molar-refractivity contribution in [1.82, 2.24) is 0 Å². The van der Waals surface area contributed by atoms with E-state index in [1.54, 1.807) is 0 Å². The van der Waals surface area contributed by atoms with Gasteiger partial charge in [0, 0.05) is 6.07 Å². The predicted molar refractivity (Wildman–Crippen MR) is 53.7 cm³/mol. The van der Waals surface area contributed by atoms with Gasteiger partial charge >= 0.3 is 5.97 Å². The molecule has 0 aliphatic rings. The monoisotopic (exact) mass is 214 g/mol. The molecule has 0 heterocycles. The van der Waals surface area contributed by atoms with Gasteiger partial charge in [-0.3, -0.25) is 0 Å². The van der Waals surface area contributed by atoms with E-state index in [0.717, 1.165) is 0 Å². The fraction of sp³-hybridized carbons (Fsp3) is 0.222. The van der Waals surface area contributed by atoms with Crippen molar-refractivity contribution < 1.29 is 19.0 Å². The fourth-order valence-corrected chi connectivity index (χ4v) is 1.05. The van der Waals surface area contributed by atoms with Crippen molar-refractivity contribution in [3.05, 3.63) is 17.7 Å². The first-order valence-electron chi connectivity index (χ1n) is 4.17. The summed E-state index contributed by atoms with van der Waals surface area (Å²) in [5.74, 6) is -1.18. The highest BCUT2D eigenvalue weighted by molar-refractivity contribution is 5.93. The lowest BCUT2D eigenvalue weighted by Crippen LogP contribution is -2.07. The normalized spacial score (nSPS) is 9.93. The van der Waals surface area contributed by atoms with Crippen LogP contribution in [0.4, 0.5) is 15.8 Å². The average molecular weight is 214 g/mol. The van der Waals surface area contributed by atoms with E-state index in [1.807, 2.05) is 0 Å². The van der Waals surface area contributed by atoms with Gasteiger partial charge in [0.15, 0.2) is 0 Å². The molecule has 5 nitrogen and oxygen atoms in total. The maximum Gasteiger partial charge on any atom is 0.339 e. The van der Waals surface area contributed by atoms with Crippen LogP contribution in [0.2, 0.25) is 0 Å². The summed E-state index contributed by atoms with van der Waals surface area (Å²) in [5.41, 5.74) is 11.1. The number of aromatic carboxylic acids is 1. The molecule has 0 saturated heterocycles. The number of carboxylic acid groups (broad SMARTS) is 1. The first-order valence-corrected chi connectivity index (χ1v) is 4.17. The molecule has 15 heavy (non-hydrogen) atoms. The lowest BCUT2D eigenvalue weighted by atomic mass is 10.1. The SMILES string of the molecule is Nc1cc(OCCF)c(C(=O)O)cc1N. The molecule has 1 aromatic carbocycles. The Morgan fingerprint density at radius 1 is 1.40 bits per heavy atom. The summed E-state index contributed by atoms with van der Waals surface area (Å²) < 4.78 is 16.8. The van der Waals surface area contributed by atoms with Crippen molar-refractivity contribution in [2.24, 2.45) is 0 Å². The van der Waals surface area contributed by atoms with E-state index in [2.05, 4.69) is 0 Å². The second-order valence-electron chi connectivity index (χ2n) is 2.82. The molecule has 0 radical (unpaired) electrons. The topological polar surface area (TPSA) is 98.6 Å². The lowest BCUT2D eigenvalue weighted by molar-refractivity contribution is 0.0692. The van der Waals surface area contributed by atoms with Gasteiger partial charge in [-0.2, -0.15) is 0 Å². The second-order valence-corrected chi connectivity index (χ2v) is 2.82. The van der Waals surface area contributed by atoms with Crippen LogP contribution in [0.15, 0.2) is 12.1 Å². The zero-order valence-corrected chi connectivity index (χ0v) is 7.87. The number of halogens is 1. The van der Waals surface area contributed by atoms with Crippen molar-refractivity contribution in [2.45, 2.75) is 0 Å². The van der Waals surface area contributed by atoms with E-state index in [9.17, 15) is 9.18 Å². The van der Waals surface area contributed by atoms with Gasteiger partial charge < -0.3 is 21.3 Å². The maximum atomic E-state index is 11.9. The number of nitrogens with two attached hydrogens (primary N) is 2. The van der Waals surface area contributed by atoms with E-state index in [1.165, 1.54) is 12.1 Å². The third-order valence-corrected chi connectivity index (χ3v) is 1.75. The molecule has 0 bridgehead atoms. The molecular formula is C9H11FN2O3. The van der Waals surface area contributed by atoms with Crippen LogP contribution in [-0.4, -0.2) is 24.4 Å². The van der Waals surface area contributed by atoms with Crippen LogP contribution in [0.3, 0.4) is 0 Å². The van der Waals surface area contributed by atoms with Crippen molar-refractivity contribution in [2.75, 3.05) is 24.7 Å². The molecule has 0 amide bonds. The quantitative estimate of drug-likeness (QED) is 0.646. The molecule has 5 N–H and O–H groups in total. The van der Waals surface area contributed by atoms with Crippen molar-refractivity contribution in [1.29, 1.82) is 0 Å². The van der Waals surface area contributed by atoms with Crippen LogP contribution >= 0.6 is 0 Å². The number of hydrogen-bond acceptors (Lipinski definition) is 4. The zero-order chi connectivity index (χ0) is 11.4. The number of alkyl halides is 1. The summed E-state index contributed by atoms with van der Waals surface area (Å²) in [6, 6.07) is 2.46. The molecule has 1 rings (SSSR count). The zero-order valence-electron chi connectivity index (χ0n) is 7.87. The van der Waals surface area contributed by atoms with Gasteiger partial charge in [-0.1, -0.05) is 0 Å². The van der Waals surface area contributed by atoms with E-state index in [-0.39, 0.29) is 29.3 Å². The Labute approximate surface area is 85.4 Å². The minimum absolute atomic E-state index is 0.0202. The number of carboxylic acids is 1. The molecule has 0 spiro atoms. The summed E-state index contributed by atoms with van der Waals surface area (Å²) in [6.07, 6.45) is 0. The van der Waals surface area contributed by atoms with Crippen LogP contribution in [0, 0.1) is 0 Å². The van der Waals surface area contributed by atoms with Crippen LogP contribution < -0.4 is 16.2 Å². The Balaban J connectivity index is 3.10. The van der Waals surface area contributed by atoms with Crippen LogP contribution in [0.5, 0.6) is 5.75 Å². The molecule has 0 unspecified atom stereocenters. The van der Waals surface area contributed by atoms with Gasteiger partial charge in [-0.25, -0.2) is 9.18 Å². The molecule has 0 aliphatic heterocycles. The summed E-state index contributed by atoms with van der Waals surface area (Å²) in [4.78, 5) is 10.8. The van der Waals surface area contributed by atoms with Gasteiger partial charge in [0.2, 0.25) is 0 Å². The average Bonchev–Trinajstić information content (AvgIpc) is 2.19. The summed E-state index contributed by atoms with van der Waals surface area (Å²) in [7, 11) is 0. The smallest absolute Gasteiger partial charge is 0.339 e. The van der Waals surface area contributed by atoms with Gasteiger partial charge in [0.1, 0.15) is 24.6 Å². The second kappa shape index (κ2) is 4.50. The number of ether oxygens (including phenoxy) is 1. The molecule has 82 valence electrons. The van der Waals surface area contributed by atoms with E-state index < -0.39 is 12.6 Å². The summed E-state index contributed by atoms with van der Waals surface area (Å²) in [6.45, 7) is -0.924.